The Hall–Kier alpha value is -3.98. The van der Waals surface area contributed by atoms with Crippen LogP contribution in [0, 0.1) is 0 Å². The maximum Gasteiger partial charge on any atom is 0.254 e. The summed E-state index contributed by atoms with van der Waals surface area (Å²) in [4.78, 5) is 24.3. The standard InChI is InChI=1S/C35H49N9O5/c1-36-35-31(22-30(37-38-35)29-4-2-3-5-32(29)46)43-16-14-42(15-17-43)25-7-11-41(12-8-25)26-6-10-40(23-26)18-19-48-33-20-28(49-39-33)21-34(47)44-13-9-27(45)24-44/h2-5,20,22,25-27,45-46H,6-19,21,23-24H2,1H3,(H,36,38)/t26?,27-/m1/s1. The number of hydrogen-bond donors (Lipinski definition) is 3. The molecule has 1 aromatic carbocycles. The monoisotopic (exact) mass is 675 g/mol. The number of β-amino-alcohol motifs (C(OH)–C–C–N with tert-alkyl or cyclic N) is 1. The normalized spacial score (nSPS) is 23.0. The van der Waals surface area contributed by atoms with Crippen LogP contribution in [0.3, 0.4) is 0 Å². The summed E-state index contributed by atoms with van der Waals surface area (Å²) in [5, 5.41) is 36.0. The molecule has 0 spiro atoms. The van der Waals surface area contributed by atoms with Crippen molar-refractivity contribution in [3.63, 3.8) is 0 Å². The van der Waals surface area contributed by atoms with E-state index in [4.69, 9.17) is 9.26 Å². The number of carbonyl (C=O) groups is 1. The average molecular weight is 676 g/mol. The minimum Gasteiger partial charge on any atom is -0.507 e. The van der Waals surface area contributed by atoms with Gasteiger partial charge in [0, 0.05) is 83.1 Å². The number of aromatic nitrogens is 3. The fourth-order valence-electron chi connectivity index (χ4n) is 7.83. The molecule has 14 nitrogen and oxygen atoms in total. The zero-order chi connectivity index (χ0) is 33.7. The summed E-state index contributed by atoms with van der Waals surface area (Å²) in [6, 6.07) is 12.2. The van der Waals surface area contributed by atoms with Gasteiger partial charge in [0.05, 0.1) is 23.9 Å². The lowest BCUT2D eigenvalue weighted by molar-refractivity contribution is -0.130. The number of nitrogens with zero attached hydrogens (tertiary/aromatic N) is 8. The number of phenols is 1. The molecule has 3 aromatic rings. The molecule has 1 unspecified atom stereocenters. The SMILES string of the molecule is CNc1nnc(-c2ccccc2O)cc1N1CCN(C2CCN(C3CCN(CCOc4cc(CC(=O)N5CC[C@@H](O)C5)on4)C3)CC2)CC1. The van der Waals surface area contributed by atoms with Gasteiger partial charge in [-0.1, -0.05) is 12.1 Å². The number of amides is 1. The number of nitrogens with one attached hydrogen (secondary N) is 1. The summed E-state index contributed by atoms with van der Waals surface area (Å²) in [7, 11) is 1.87. The van der Waals surface area contributed by atoms with Crippen molar-refractivity contribution in [2.75, 3.05) is 95.9 Å². The molecule has 3 N–H and O–H groups in total. The van der Waals surface area contributed by atoms with Crippen molar-refractivity contribution in [1.82, 2.24) is 35.0 Å². The first-order valence-electron chi connectivity index (χ1n) is 17.8. The summed E-state index contributed by atoms with van der Waals surface area (Å²) in [6.45, 7) is 10.6. The van der Waals surface area contributed by atoms with Gasteiger partial charge in [0.1, 0.15) is 18.1 Å². The van der Waals surface area contributed by atoms with Gasteiger partial charge in [0.25, 0.3) is 5.88 Å². The molecule has 4 saturated heterocycles. The Labute approximate surface area is 287 Å². The van der Waals surface area contributed by atoms with Crippen LogP contribution in [0.15, 0.2) is 40.9 Å². The number of para-hydroxylation sites is 1. The Balaban J connectivity index is 0.819. The van der Waals surface area contributed by atoms with Crippen molar-refractivity contribution in [3.05, 3.63) is 42.2 Å². The second kappa shape index (κ2) is 15.3. The van der Waals surface area contributed by atoms with Crippen molar-refractivity contribution in [2.45, 2.75) is 50.3 Å². The largest absolute Gasteiger partial charge is 0.507 e. The number of hydrogen-bond acceptors (Lipinski definition) is 13. The predicted octanol–water partition coefficient (Wildman–Crippen LogP) is 1.75. The number of ether oxygens (including phenoxy) is 1. The minimum atomic E-state index is -0.430. The van der Waals surface area contributed by atoms with Gasteiger partial charge in [-0.3, -0.25) is 19.5 Å². The van der Waals surface area contributed by atoms with E-state index >= 15 is 0 Å². The highest BCUT2D eigenvalue weighted by molar-refractivity contribution is 5.78. The molecule has 49 heavy (non-hydrogen) atoms. The average Bonchev–Trinajstić information content (AvgIpc) is 3.90. The molecule has 2 aromatic heterocycles. The van der Waals surface area contributed by atoms with E-state index in [1.165, 1.54) is 19.3 Å². The second-order valence-electron chi connectivity index (χ2n) is 13.7. The zero-order valence-corrected chi connectivity index (χ0v) is 28.4. The van der Waals surface area contributed by atoms with Crippen molar-refractivity contribution in [1.29, 1.82) is 0 Å². The first-order valence-corrected chi connectivity index (χ1v) is 17.8. The first-order chi connectivity index (χ1) is 23.9. The van der Waals surface area contributed by atoms with Gasteiger partial charge >= 0.3 is 0 Å². The Kier molecular flexibility index (Phi) is 10.5. The minimum absolute atomic E-state index is 0.0584. The van der Waals surface area contributed by atoms with E-state index in [0.717, 1.165) is 70.4 Å². The third-order valence-corrected chi connectivity index (χ3v) is 10.7. The van der Waals surface area contributed by atoms with E-state index in [1.54, 1.807) is 17.0 Å². The zero-order valence-electron chi connectivity index (χ0n) is 28.4. The van der Waals surface area contributed by atoms with E-state index in [1.807, 2.05) is 31.3 Å². The van der Waals surface area contributed by atoms with Gasteiger partial charge in [-0.25, -0.2) is 0 Å². The maximum absolute atomic E-state index is 12.4. The lowest BCUT2D eigenvalue weighted by atomic mass is 10.00. The Morgan fingerprint density at radius 3 is 2.47 bits per heavy atom. The number of anilines is 2. The highest BCUT2D eigenvalue weighted by atomic mass is 16.5. The summed E-state index contributed by atoms with van der Waals surface area (Å²) in [6.07, 6.45) is 3.91. The smallest absolute Gasteiger partial charge is 0.254 e. The molecule has 0 saturated carbocycles. The van der Waals surface area contributed by atoms with Crippen molar-refractivity contribution < 1.29 is 24.3 Å². The Morgan fingerprint density at radius 1 is 0.939 bits per heavy atom. The number of piperidine rings is 1. The molecule has 264 valence electrons. The molecule has 4 fully saturated rings. The number of carbonyl (C=O) groups excluding carboxylic acids is 1. The number of aliphatic hydroxyl groups is 1. The molecule has 0 aliphatic carbocycles. The highest BCUT2D eigenvalue weighted by Crippen LogP contribution is 2.33. The molecule has 0 radical (unpaired) electrons. The Morgan fingerprint density at radius 2 is 1.71 bits per heavy atom. The third kappa shape index (κ3) is 7.93. The molecule has 1 amide bonds. The molecule has 4 aliphatic heterocycles. The molecule has 14 heteroatoms. The van der Waals surface area contributed by atoms with Gasteiger partial charge in [-0.2, -0.15) is 0 Å². The van der Waals surface area contributed by atoms with Crippen LogP contribution < -0.4 is 15.0 Å². The van der Waals surface area contributed by atoms with Crippen LogP contribution in [0.2, 0.25) is 0 Å². The van der Waals surface area contributed by atoms with Crippen LogP contribution in [0.5, 0.6) is 11.6 Å². The number of piperazine rings is 1. The van der Waals surface area contributed by atoms with Crippen molar-refractivity contribution >= 4 is 17.4 Å². The number of benzene rings is 1. The number of rotatable bonds is 11. The predicted molar refractivity (Wildman–Crippen MR) is 185 cm³/mol. The van der Waals surface area contributed by atoms with Crippen LogP contribution in [-0.4, -0.2) is 155 Å². The molecule has 2 atom stereocenters. The lowest BCUT2D eigenvalue weighted by Gasteiger charge is -2.44. The van der Waals surface area contributed by atoms with Crippen LogP contribution in [-0.2, 0) is 11.2 Å². The summed E-state index contributed by atoms with van der Waals surface area (Å²) in [5.74, 6) is 1.81. The van der Waals surface area contributed by atoms with Gasteiger partial charge in [0.2, 0.25) is 5.91 Å². The van der Waals surface area contributed by atoms with Gasteiger partial charge in [0.15, 0.2) is 5.82 Å². The first kappa shape index (κ1) is 33.5. The van der Waals surface area contributed by atoms with Gasteiger partial charge in [-0.15, -0.1) is 10.2 Å². The number of likely N-dealkylation sites (tertiary alicyclic amines) is 3. The quantitative estimate of drug-likeness (QED) is 0.272. The highest BCUT2D eigenvalue weighted by Gasteiger charge is 2.33. The van der Waals surface area contributed by atoms with Crippen molar-refractivity contribution in [3.8, 4) is 22.9 Å². The van der Waals surface area contributed by atoms with E-state index < -0.39 is 6.10 Å². The topological polar surface area (TPSA) is 147 Å². The summed E-state index contributed by atoms with van der Waals surface area (Å²) >= 11 is 0. The van der Waals surface area contributed by atoms with E-state index in [-0.39, 0.29) is 18.1 Å². The molecular formula is C35H49N9O5. The van der Waals surface area contributed by atoms with Crippen LogP contribution in [0.4, 0.5) is 11.5 Å². The van der Waals surface area contributed by atoms with Crippen LogP contribution in [0.1, 0.15) is 31.4 Å². The van der Waals surface area contributed by atoms with E-state index in [2.05, 4.69) is 40.3 Å². The summed E-state index contributed by atoms with van der Waals surface area (Å²) in [5.41, 5.74) is 2.39. The van der Waals surface area contributed by atoms with Crippen LogP contribution >= 0.6 is 0 Å². The van der Waals surface area contributed by atoms with Gasteiger partial charge in [-0.05, 0) is 68.7 Å². The fraction of sp³-hybridized carbons (Fsp3) is 0.600. The van der Waals surface area contributed by atoms with Crippen LogP contribution in [0.25, 0.3) is 11.3 Å². The molecule has 7 rings (SSSR count). The molecule has 6 heterocycles. The fourth-order valence-corrected chi connectivity index (χ4v) is 7.83. The van der Waals surface area contributed by atoms with E-state index in [9.17, 15) is 15.0 Å². The lowest BCUT2D eigenvalue weighted by Crippen LogP contribution is -2.54. The van der Waals surface area contributed by atoms with E-state index in [0.29, 0.717) is 61.1 Å². The number of phenolic OH excluding ortho intramolecular Hbond substituents is 1. The third-order valence-electron chi connectivity index (χ3n) is 10.7. The van der Waals surface area contributed by atoms with Crippen molar-refractivity contribution in [2.24, 2.45) is 0 Å². The Bertz CT molecular complexity index is 1560. The van der Waals surface area contributed by atoms with Gasteiger partial charge < -0.3 is 34.6 Å². The molecule has 0 bridgehead atoms. The summed E-state index contributed by atoms with van der Waals surface area (Å²) < 4.78 is 11.2. The number of aromatic hydroxyl groups is 1. The molecular weight excluding hydrogens is 626 g/mol. The molecule has 4 aliphatic rings. The second-order valence-corrected chi connectivity index (χ2v) is 13.7. The maximum atomic E-state index is 12.4. The number of aliphatic hydroxyl groups excluding tert-OH is 1.